The Morgan fingerprint density at radius 3 is 2.70 bits per heavy atom. The summed E-state index contributed by atoms with van der Waals surface area (Å²) in [7, 11) is 0. The van der Waals surface area contributed by atoms with Crippen LogP contribution >= 0.6 is 0 Å². The van der Waals surface area contributed by atoms with Gasteiger partial charge in [-0.3, -0.25) is 9.78 Å². The topological polar surface area (TPSA) is 103 Å². The first-order valence-corrected chi connectivity index (χ1v) is 5.44. The van der Waals surface area contributed by atoms with E-state index in [2.05, 4.69) is 4.98 Å². The fourth-order valence-electron chi connectivity index (χ4n) is 1.53. The maximum atomic E-state index is 13.5. The van der Waals surface area contributed by atoms with Crippen molar-refractivity contribution in [3.63, 3.8) is 0 Å². The maximum absolute atomic E-state index is 13.5. The first-order valence-electron chi connectivity index (χ1n) is 5.44. The summed E-state index contributed by atoms with van der Waals surface area (Å²) in [5, 5.41) is 8.96. The second kappa shape index (κ2) is 5.35. The van der Waals surface area contributed by atoms with Crippen molar-refractivity contribution < 1.29 is 23.8 Å². The fourth-order valence-corrected chi connectivity index (χ4v) is 1.53. The quantitative estimate of drug-likeness (QED) is 0.886. The third kappa shape index (κ3) is 2.72. The lowest BCUT2D eigenvalue weighted by molar-refractivity contribution is 0.0688. The van der Waals surface area contributed by atoms with E-state index < -0.39 is 23.3 Å². The number of rotatable bonds is 4. The molecule has 1 heterocycles. The number of carboxylic acid groups (broad SMARTS) is 1. The van der Waals surface area contributed by atoms with E-state index in [1.807, 2.05) is 0 Å². The molecule has 0 spiro atoms. The van der Waals surface area contributed by atoms with Gasteiger partial charge in [0, 0.05) is 12.3 Å². The molecular weight excluding hydrogens is 267 g/mol. The zero-order valence-electron chi connectivity index (χ0n) is 10.0. The number of hydrogen-bond acceptors (Lipinski definition) is 4. The third-order valence-electron chi connectivity index (χ3n) is 2.40. The summed E-state index contributed by atoms with van der Waals surface area (Å²) in [5.41, 5.74) is 4.43. The van der Waals surface area contributed by atoms with Crippen LogP contribution in [0.5, 0.6) is 11.5 Å². The zero-order valence-corrected chi connectivity index (χ0v) is 10.0. The van der Waals surface area contributed by atoms with Crippen LogP contribution in [-0.2, 0) is 0 Å². The molecular formula is C13H9FN2O4. The Kier molecular flexibility index (Phi) is 3.60. The van der Waals surface area contributed by atoms with Crippen molar-refractivity contribution in [2.24, 2.45) is 5.73 Å². The minimum atomic E-state index is -1.46. The van der Waals surface area contributed by atoms with Gasteiger partial charge in [-0.15, -0.1) is 0 Å². The fraction of sp³-hybridized carbons (Fsp3) is 0. The number of hydrogen-bond donors (Lipinski definition) is 2. The lowest BCUT2D eigenvalue weighted by Gasteiger charge is -2.09. The lowest BCUT2D eigenvalue weighted by Crippen LogP contribution is -2.12. The number of ether oxygens (including phenoxy) is 1. The molecule has 1 aromatic carbocycles. The average molecular weight is 276 g/mol. The number of primary amides is 1. The molecule has 0 aliphatic carbocycles. The van der Waals surface area contributed by atoms with E-state index in [1.54, 1.807) is 0 Å². The van der Waals surface area contributed by atoms with E-state index in [0.29, 0.717) is 0 Å². The molecule has 0 aliphatic rings. The summed E-state index contributed by atoms with van der Waals surface area (Å²) in [6.45, 7) is 0. The zero-order chi connectivity index (χ0) is 14.7. The number of nitrogens with zero attached hydrogens (tertiary/aromatic N) is 1. The van der Waals surface area contributed by atoms with Gasteiger partial charge in [-0.05, 0) is 18.2 Å². The number of nitrogens with two attached hydrogens (primary N) is 1. The van der Waals surface area contributed by atoms with Gasteiger partial charge in [0.05, 0.1) is 0 Å². The largest absolute Gasteiger partial charge is 0.477 e. The number of pyridine rings is 1. The molecule has 20 heavy (non-hydrogen) atoms. The number of carbonyl (C=O) groups excluding carboxylic acids is 1. The molecule has 0 fully saturated rings. The molecule has 1 aromatic heterocycles. The van der Waals surface area contributed by atoms with E-state index in [-0.39, 0.29) is 17.2 Å². The van der Waals surface area contributed by atoms with Gasteiger partial charge in [-0.1, -0.05) is 6.07 Å². The van der Waals surface area contributed by atoms with Crippen LogP contribution in [0, 0.1) is 5.82 Å². The molecule has 0 saturated heterocycles. The van der Waals surface area contributed by atoms with Crippen molar-refractivity contribution in [3.05, 3.63) is 53.6 Å². The van der Waals surface area contributed by atoms with Gasteiger partial charge in [0.1, 0.15) is 28.6 Å². The Bertz CT molecular complexity index is 688. The van der Waals surface area contributed by atoms with Gasteiger partial charge < -0.3 is 15.6 Å². The minimum Gasteiger partial charge on any atom is -0.477 e. The van der Waals surface area contributed by atoms with Crippen molar-refractivity contribution in [1.82, 2.24) is 4.98 Å². The molecule has 0 unspecified atom stereocenters. The van der Waals surface area contributed by atoms with Crippen molar-refractivity contribution in [2.45, 2.75) is 0 Å². The van der Waals surface area contributed by atoms with Gasteiger partial charge in [0.15, 0.2) is 0 Å². The van der Waals surface area contributed by atoms with Gasteiger partial charge in [0.2, 0.25) is 0 Å². The predicted octanol–water partition coefficient (Wildman–Crippen LogP) is 1.81. The highest BCUT2D eigenvalue weighted by Gasteiger charge is 2.17. The summed E-state index contributed by atoms with van der Waals surface area (Å²) in [6, 6.07) is 6.25. The van der Waals surface area contributed by atoms with Crippen molar-refractivity contribution in [2.75, 3.05) is 0 Å². The van der Waals surface area contributed by atoms with E-state index in [4.69, 9.17) is 15.6 Å². The SMILES string of the molecule is NC(=O)c1cc(Oc2cccc(F)c2C(=O)O)ccn1. The van der Waals surface area contributed by atoms with Gasteiger partial charge in [-0.2, -0.15) is 0 Å². The van der Waals surface area contributed by atoms with E-state index >= 15 is 0 Å². The summed E-state index contributed by atoms with van der Waals surface area (Å²) >= 11 is 0. The Morgan fingerprint density at radius 1 is 1.30 bits per heavy atom. The molecule has 0 radical (unpaired) electrons. The number of amides is 1. The normalized spacial score (nSPS) is 10.1. The molecule has 0 aliphatic heterocycles. The van der Waals surface area contributed by atoms with E-state index in [1.165, 1.54) is 30.5 Å². The Labute approximate surface area is 112 Å². The number of aromatic nitrogens is 1. The predicted molar refractivity (Wildman–Crippen MR) is 66.2 cm³/mol. The summed E-state index contributed by atoms with van der Waals surface area (Å²) in [5.74, 6) is -3.18. The minimum absolute atomic E-state index is 0.0456. The molecule has 2 rings (SSSR count). The molecule has 0 atom stereocenters. The van der Waals surface area contributed by atoms with Crippen LogP contribution in [0.25, 0.3) is 0 Å². The van der Waals surface area contributed by atoms with Crippen LogP contribution < -0.4 is 10.5 Å². The number of halogens is 1. The second-order valence-corrected chi connectivity index (χ2v) is 3.76. The van der Waals surface area contributed by atoms with E-state index in [0.717, 1.165) is 6.07 Å². The lowest BCUT2D eigenvalue weighted by atomic mass is 10.2. The van der Waals surface area contributed by atoms with Crippen molar-refractivity contribution in [1.29, 1.82) is 0 Å². The third-order valence-corrected chi connectivity index (χ3v) is 2.40. The maximum Gasteiger partial charge on any atom is 0.342 e. The highest BCUT2D eigenvalue weighted by atomic mass is 19.1. The molecule has 0 saturated carbocycles. The molecule has 6 nitrogen and oxygen atoms in total. The summed E-state index contributed by atoms with van der Waals surface area (Å²) < 4.78 is 18.7. The van der Waals surface area contributed by atoms with E-state index in [9.17, 15) is 14.0 Å². The van der Waals surface area contributed by atoms with Crippen LogP contribution in [-0.4, -0.2) is 22.0 Å². The van der Waals surface area contributed by atoms with Crippen LogP contribution in [0.4, 0.5) is 4.39 Å². The molecule has 1 amide bonds. The first kappa shape index (κ1) is 13.5. The summed E-state index contributed by atoms with van der Waals surface area (Å²) in [6.07, 6.45) is 1.27. The van der Waals surface area contributed by atoms with Crippen molar-refractivity contribution >= 4 is 11.9 Å². The average Bonchev–Trinajstić information content (AvgIpc) is 2.38. The smallest absolute Gasteiger partial charge is 0.342 e. The Morgan fingerprint density at radius 2 is 2.05 bits per heavy atom. The van der Waals surface area contributed by atoms with Crippen LogP contribution in [0.15, 0.2) is 36.5 Å². The van der Waals surface area contributed by atoms with Crippen LogP contribution in [0.2, 0.25) is 0 Å². The first-order chi connectivity index (χ1) is 9.49. The van der Waals surface area contributed by atoms with Crippen molar-refractivity contribution in [3.8, 4) is 11.5 Å². The number of benzene rings is 1. The highest BCUT2D eigenvalue weighted by molar-refractivity contribution is 5.92. The molecule has 0 bridgehead atoms. The number of aromatic carboxylic acids is 1. The van der Waals surface area contributed by atoms with Crippen LogP contribution in [0.3, 0.4) is 0 Å². The Balaban J connectivity index is 2.40. The summed E-state index contributed by atoms with van der Waals surface area (Å²) in [4.78, 5) is 25.7. The number of carboxylic acids is 1. The number of carbonyl (C=O) groups is 2. The molecule has 2 aromatic rings. The Hall–Kier alpha value is -2.96. The second-order valence-electron chi connectivity index (χ2n) is 3.76. The van der Waals surface area contributed by atoms with Gasteiger partial charge in [-0.25, -0.2) is 9.18 Å². The van der Waals surface area contributed by atoms with Gasteiger partial charge >= 0.3 is 5.97 Å². The molecule has 7 heteroatoms. The van der Waals surface area contributed by atoms with Gasteiger partial charge in [0.25, 0.3) is 5.91 Å². The van der Waals surface area contributed by atoms with Crippen LogP contribution in [0.1, 0.15) is 20.8 Å². The highest BCUT2D eigenvalue weighted by Crippen LogP contribution is 2.27. The molecule has 3 N–H and O–H groups in total. The molecule has 102 valence electrons. The standard InChI is InChI=1S/C13H9FN2O4/c14-8-2-1-3-10(11(8)13(18)19)20-7-4-5-16-9(6-7)12(15)17/h1-6H,(H2,15,17)(H,18,19). The monoisotopic (exact) mass is 276 g/mol.